The van der Waals surface area contributed by atoms with Crippen LogP contribution in [-0.4, -0.2) is 30.4 Å². The fourth-order valence-electron chi connectivity index (χ4n) is 2.30. The summed E-state index contributed by atoms with van der Waals surface area (Å²) in [5.41, 5.74) is 2.89. The van der Waals surface area contributed by atoms with E-state index >= 15 is 0 Å². The molecule has 0 unspecified atom stereocenters. The number of hydrogen-bond donors (Lipinski definition) is 1. The number of rotatable bonds is 4. The Kier molecular flexibility index (Phi) is 3.75. The monoisotopic (exact) mass is 300 g/mol. The fourth-order valence-corrected chi connectivity index (χ4v) is 2.90. The molecule has 0 aliphatic heterocycles. The molecule has 1 N–H and O–H groups in total. The Morgan fingerprint density at radius 2 is 1.76 bits per heavy atom. The second-order valence-electron chi connectivity index (χ2n) is 4.51. The van der Waals surface area contributed by atoms with E-state index in [0.29, 0.717) is 11.5 Å². The van der Waals surface area contributed by atoms with Gasteiger partial charge in [0, 0.05) is 22.6 Å². The molecule has 3 aromatic rings. The van der Waals surface area contributed by atoms with E-state index in [4.69, 9.17) is 9.47 Å². The molecule has 21 heavy (non-hydrogen) atoms. The second kappa shape index (κ2) is 5.69. The molecular formula is C16H16N2O2S. The van der Waals surface area contributed by atoms with E-state index < -0.39 is 0 Å². The summed E-state index contributed by atoms with van der Waals surface area (Å²) in [4.78, 5) is 9.21. The van der Waals surface area contributed by atoms with Crippen LogP contribution in [0.4, 0.5) is 0 Å². The number of H-pyrrole nitrogens is 1. The number of fused-ring (bicyclic) bond motifs is 1. The summed E-state index contributed by atoms with van der Waals surface area (Å²) >= 11 is 1.71. The number of ether oxygens (including phenoxy) is 2. The lowest BCUT2D eigenvalue weighted by molar-refractivity contribution is 0.356. The molecule has 108 valence electrons. The molecule has 5 heteroatoms. The van der Waals surface area contributed by atoms with Gasteiger partial charge in [0.2, 0.25) is 0 Å². The predicted molar refractivity (Wildman–Crippen MR) is 86.4 cm³/mol. The lowest BCUT2D eigenvalue weighted by Gasteiger charge is -2.06. The highest BCUT2D eigenvalue weighted by molar-refractivity contribution is 7.98. The Morgan fingerprint density at radius 1 is 1.05 bits per heavy atom. The van der Waals surface area contributed by atoms with Crippen molar-refractivity contribution in [2.24, 2.45) is 0 Å². The predicted octanol–water partition coefficient (Wildman–Crippen LogP) is 3.97. The molecule has 0 atom stereocenters. The minimum absolute atomic E-state index is 0.682. The molecule has 0 aliphatic rings. The van der Waals surface area contributed by atoms with Crippen molar-refractivity contribution in [2.75, 3.05) is 20.5 Å². The highest BCUT2D eigenvalue weighted by Crippen LogP contribution is 2.34. The number of hydrogen-bond acceptors (Lipinski definition) is 4. The quantitative estimate of drug-likeness (QED) is 0.741. The molecule has 0 spiro atoms. The second-order valence-corrected chi connectivity index (χ2v) is 5.36. The van der Waals surface area contributed by atoms with Gasteiger partial charge in [-0.05, 0) is 12.3 Å². The van der Waals surface area contributed by atoms with Gasteiger partial charge in [0.25, 0.3) is 0 Å². The molecule has 4 nitrogen and oxygen atoms in total. The highest BCUT2D eigenvalue weighted by Gasteiger charge is 2.12. The first-order valence-electron chi connectivity index (χ1n) is 6.52. The number of thioether (sulfide) groups is 1. The average molecular weight is 300 g/mol. The van der Waals surface area contributed by atoms with E-state index in [1.807, 2.05) is 24.3 Å². The van der Waals surface area contributed by atoms with Gasteiger partial charge >= 0.3 is 0 Å². The van der Waals surface area contributed by atoms with Crippen LogP contribution < -0.4 is 9.47 Å². The van der Waals surface area contributed by atoms with Gasteiger partial charge < -0.3 is 14.5 Å². The van der Waals surface area contributed by atoms with E-state index in [9.17, 15) is 0 Å². The molecular weight excluding hydrogens is 284 g/mol. The van der Waals surface area contributed by atoms with Crippen LogP contribution in [0.1, 0.15) is 0 Å². The average Bonchev–Trinajstić information content (AvgIpc) is 2.95. The zero-order chi connectivity index (χ0) is 14.8. The number of methoxy groups -OCH3 is 2. The number of nitrogens with zero attached hydrogens (tertiary/aromatic N) is 1. The molecule has 0 amide bonds. The Labute approximate surface area is 127 Å². The van der Waals surface area contributed by atoms with Crippen LogP contribution in [0.3, 0.4) is 0 Å². The van der Waals surface area contributed by atoms with Crippen molar-refractivity contribution in [2.45, 2.75) is 4.90 Å². The number of aromatic nitrogens is 2. The SMILES string of the molecule is COc1cc2nc(-c3ccccc3SC)[nH]c2cc1OC. The van der Waals surface area contributed by atoms with Crippen LogP contribution in [0, 0.1) is 0 Å². The van der Waals surface area contributed by atoms with E-state index in [-0.39, 0.29) is 0 Å². The summed E-state index contributed by atoms with van der Waals surface area (Å²) in [6.45, 7) is 0. The maximum atomic E-state index is 5.33. The van der Waals surface area contributed by atoms with E-state index in [1.54, 1.807) is 26.0 Å². The van der Waals surface area contributed by atoms with Crippen LogP contribution in [-0.2, 0) is 0 Å². The van der Waals surface area contributed by atoms with Crippen molar-refractivity contribution in [3.8, 4) is 22.9 Å². The number of benzene rings is 2. The third-order valence-electron chi connectivity index (χ3n) is 3.35. The molecule has 0 fully saturated rings. The van der Waals surface area contributed by atoms with Gasteiger partial charge in [0.05, 0.1) is 25.3 Å². The molecule has 0 bridgehead atoms. The highest BCUT2D eigenvalue weighted by atomic mass is 32.2. The topological polar surface area (TPSA) is 47.1 Å². The minimum Gasteiger partial charge on any atom is -0.493 e. The van der Waals surface area contributed by atoms with Gasteiger partial charge in [0.15, 0.2) is 11.5 Å². The molecule has 0 saturated carbocycles. The molecule has 2 aromatic carbocycles. The van der Waals surface area contributed by atoms with Crippen LogP contribution in [0.2, 0.25) is 0 Å². The summed E-state index contributed by atoms with van der Waals surface area (Å²) in [5.74, 6) is 2.23. The lowest BCUT2D eigenvalue weighted by Crippen LogP contribution is -1.89. The van der Waals surface area contributed by atoms with E-state index in [2.05, 4.69) is 28.4 Å². The van der Waals surface area contributed by atoms with Gasteiger partial charge in [-0.25, -0.2) is 4.98 Å². The Hall–Kier alpha value is -2.14. The zero-order valence-corrected chi connectivity index (χ0v) is 13.0. The molecule has 1 heterocycles. The largest absolute Gasteiger partial charge is 0.493 e. The smallest absolute Gasteiger partial charge is 0.163 e. The standard InChI is InChI=1S/C16H16N2O2S/c1-19-13-8-11-12(9-14(13)20-2)18-16(17-11)10-6-4-5-7-15(10)21-3/h4-9H,1-3H3,(H,17,18). The van der Waals surface area contributed by atoms with Gasteiger partial charge in [-0.3, -0.25) is 0 Å². The first kappa shape index (κ1) is 13.8. The van der Waals surface area contributed by atoms with Gasteiger partial charge in [-0.1, -0.05) is 18.2 Å². The lowest BCUT2D eigenvalue weighted by atomic mass is 10.2. The summed E-state index contributed by atoms with van der Waals surface area (Å²) in [6.07, 6.45) is 2.06. The third-order valence-corrected chi connectivity index (χ3v) is 4.15. The minimum atomic E-state index is 0.682. The molecule has 0 aliphatic carbocycles. The number of nitrogens with one attached hydrogen (secondary N) is 1. The normalized spacial score (nSPS) is 10.8. The molecule has 0 radical (unpaired) electrons. The molecule has 1 aromatic heterocycles. The summed E-state index contributed by atoms with van der Waals surface area (Å²) < 4.78 is 10.6. The zero-order valence-electron chi connectivity index (χ0n) is 12.1. The maximum Gasteiger partial charge on any atom is 0.163 e. The number of aromatic amines is 1. The van der Waals surface area contributed by atoms with Crippen molar-refractivity contribution in [1.82, 2.24) is 9.97 Å². The van der Waals surface area contributed by atoms with E-state index in [1.165, 1.54) is 4.90 Å². The summed E-state index contributed by atoms with van der Waals surface area (Å²) in [5, 5.41) is 0. The van der Waals surface area contributed by atoms with Gasteiger partial charge in [0.1, 0.15) is 5.82 Å². The fraction of sp³-hybridized carbons (Fsp3) is 0.188. The number of imidazole rings is 1. The van der Waals surface area contributed by atoms with Gasteiger partial charge in [-0.15, -0.1) is 11.8 Å². The van der Waals surface area contributed by atoms with Crippen molar-refractivity contribution >= 4 is 22.8 Å². The third kappa shape index (κ3) is 2.45. The molecule has 3 rings (SSSR count). The van der Waals surface area contributed by atoms with Crippen LogP contribution in [0.25, 0.3) is 22.4 Å². The Balaban J connectivity index is 2.17. The van der Waals surface area contributed by atoms with Gasteiger partial charge in [-0.2, -0.15) is 0 Å². The summed E-state index contributed by atoms with van der Waals surface area (Å²) in [6, 6.07) is 12.0. The summed E-state index contributed by atoms with van der Waals surface area (Å²) in [7, 11) is 3.25. The van der Waals surface area contributed by atoms with Crippen molar-refractivity contribution in [1.29, 1.82) is 0 Å². The van der Waals surface area contributed by atoms with Crippen molar-refractivity contribution in [3.05, 3.63) is 36.4 Å². The first-order valence-corrected chi connectivity index (χ1v) is 7.74. The Morgan fingerprint density at radius 3 is 2.48 bits per heavy atom. The molecule has 0 saturated heterocycles. The van der Waals surface area contributed by atoms with Crippen molar-refractivity contribution in [3.63, 3.8) is 0 Å². The van der Waals surface area contributed by atoms with E-state index in [0.717, 1.165) is 22.4 Å². The van der Waals surface area contributed by atoms with Crippen LogP contribution in [0.15, 0.2) is 41.3 Å². The first-order chi connectivity index (χ1) is 10.3. The Bertz CT molecular complexity index is 742. The van der Waals surface area contributed by atoms with Crippen molar-refractivity contribution < 1.29 is 9.47 Å². The van der Waals surface area contributed by atoms with Crippen LogP contribution >= 0.6 is 11.8 Å². The van der Waals surface area contributed by atoms with Crippen LogP contribution in [0.5, 0.6) is 11.5 Å². The maximum absolute atomic E-state index is 5.33.